The average molecular weight is 1110 g/mol. The molecular weight excluding hydrogens is 1010 g/mol. The Balaban J connectivity index is 5.32. The predicted octanol–water partition coefficient (Wildman–Crippen LogP) is 9.82. The van der Waals surface area contributed by atoms with Crippen LogP contribution in [0.4, 0.5) is 0 Å². The maximum Gasteiger partial charge on any atom is 0.306 e. The summed E-state index contributed by atoms with van der Waals surface area (Å²) in [5, 5.41) is 34.3. The van der Waals surface area contributed by atoms with E-state index < -0.39 is 142 Å². The van der Waals surface area contributed by atoms with Crippen molar-refractivity contribution in [3.05, 3.63) is 0 Å². The summed E-state index contributed by atoms with van der Waals surface area (Å²) in [4.78, 5) is 124. The third-order valence-electron chi connectivity index (χ3n) is 13.6. The summed E-state index contributed by atoms with van der Waals surface area (Å²) in [5.41, 5.74) is 5.30. The van der Waals surface area contributed by atoms with Crippen LogP contribution in [0.5, 0.6) is 0 Å². The van der Waals surface area contributed by atoms with Gasteiger partial charge in [-0.3, -0.25) is 47.9 Å². The summed E-state index contributed by atoms with van der Waals surface area (Å²) < 4.78 is 16.4. The zero-order valence-electron chi connectivity index (χ0n) is 47.7. The second kappa shape index (κ2) is 50.0. The van der Waals surface area contributed by atoms with Crippen molar-refractivity contribution in [2.45, 2.75) is 295 Å². The van der Waals surface area contributed by atoms with Crippen LogP contribution >= 0.6 is 0 Å². The highest BCUT2D eigenvalue weighted by atomic mass is 16.6. The largest absolute Gasteiger partial charge is 0.481 e. The molecule has 0 rings (SSSR count). The lowest BCUT2D eigenvalue weighted by atomic mass is 10.0. The lowest BCUT2D eigenvalue weighted by Crippen LogP contribution is -2.56. The predicted molar refractivity (Wildman–Crippen MR) is 296 cm³/mol. The second-order valence-electron chi connectivity index (χ2n) is 20.8. The molecule has 450 valence electrons. The number of aliphatic carboxylic acids is 3. The molecule has 0 fully saturated rings. The zero-order valence-corrected chi connectivity index (χ0v) is 47.7. The number of nitrogens with two attached hydrogens (primary N) is 1. The fraction of sp³-hybridized carbons (Fsp3) is 0.828. The van der Waals surface area contributed by atoms with E-state index in [1.807, 2.05) is 0 Å². The number of nitrogens with one attached hydrogen (secondary N) is 3. The minimum absolute atomic E-state index is 0.123. The van der Waals surface area contributed by atoms with E-state index in [1.165, 1.54) is 135 Å². The molecule has 4 atom stereocenters. The van der Waals surface area contributed by atoms with E-state index in [1.54, 1.807) is 0 Å². The van der Waals surface area contributed by atoms with Gasteiger partial charge in [-0.2, -0.15) is 0 Å². The third kappa shape index (κ3) is 45.7. The number of unbranched alkanes of at least 4 members (excludes halogenated alkanes) is 28. The van der Waals surface area contributed by atoms with E-state index in [0.29, 0.717) is 12.8 Å². The van der Waals surface area contributed by atoms with E-state index in [4.69, 9.17) is 25.1 Å². The number of rotatable bonds is 55. The van der Waals surface area contributed by atoms with Crippen LogP contribution < -0.4 is 21.7 Å². The summed E-state index contributed by atoms with van der Waals surface area (Å²) in [6.07, 6.45) is 30.2. The van der Waals surface area contributed by atoms with E-state index in [2.05, 4.69) is 29.8 Å². The number of ether oxygens (including phenoxy) is 3. The summed E-state index contributed by atoms with van der Waals surface area (Å²) in [7, 11) is 0. The Morgan fingerprint density at radius 3 is 1.00 bits per heavy atom. The van der Waals surface area contributed by atoms with Gasteiger partial charge in [-0.05, 0) is 32.1 Å². The normalized spacial score (nSPS) is 12.6. The molecule has 8 N–H and O–H groups in total. The minimum Gasteiger partial charge on any atom is -0.481 e. The number of carboxylic acids is 3. The van der Waals surface area contributed by atoms with Crippen molar-refractivity contribution in [2.75, 3.05) is 13.2 Å². The Hall–Kier alpha value is -5.30. The van der Waals surface area contributed by atoms with Crippen LogP contribution in [0.25, 0.3) is 0 Å². The lowest BCUT2D eigenvalue weighted by molar-refractivity contribution is -0.167. The summed E-state index contributed by atoms with van der Waals surface area (Å²) in [5.74, 6) is -10.1. The highest BCUT2D eigenvalue weighted by molar-refractivity contribution is 5.94. The van der Waals surface area contributed by atoms with Gasteiger partial charge in [0.05, 0.1) is 6.42 Å². The van der Waals surface area contributed by atoms with Crippen LogP contribution in [0, 0.1) is 0 Å². The standard InChI is InChI=1S/C58H102N4O16/c1-3-5-7-9-11-13-15-17-19-21-23-25-27-29-31-33-53(70)76-43-45(78-55(72)34-32-30-28-26-24-22-20-18-16-14-12-10-8-6-4-2)44-77-54(71)42-38-49(63)60-47(36-40-51(66)67)57(74)62-48(37-41-52(68)69)58(75)61-46(56(59)73)35-39-50(64)65/h45-48H,3-44H2,1-2H3,(H2,59,73)(H,60,63)(H,61,75)(H,62,74)(H,64,65)(H,66,67)(H,68,69). The number of hydrogen-bond donors (Lipinski definition) is 7. The second-order valence-corrected chi connectivity index (χ2v) is 20.8. The van der Waals surface area contributed by atoms with Crippen molar-refractivity contribution in [1.29, 1.82) is 0 Å². The van der Waals surface area contributed by atoms with Crippen molar-refractivity contribution < 1.29 is 77.5 Å². The number of carboxylic acid groups (broad SMARTS) is 3. The number of carbonyl (C=O) groups is 10. The van der Waals surface area contributed by atoms with Gasteiger partial charge in [-0.1, -0.05) is 194 Å². The minimum atomic E-state index is -1.64. The first kappa shape index (κ1) is 72.7. The van der Waals surface area contributed by atoms with Crippen LogP contribution in [0.3, 0.4) is 0 Å². The molecule has 0 saturated carbocycles. The van der Waals surface area contributed by atoms with Crippen LogP contribution in [-0.2, 0) is 62.2 Å². The number of hydrogen-bond acceptors (Lipinski definition) is 13. The molecule has 0 aliphatic carbocycles. The van der Waals surface area contributed by atoms with E-state index >= 15 is 0 Å². The van der Waals surface area contributed by atoms with Gasteiger partial charge in [0.25, 0.3) is 0 Å². The smallest absolute Gasteiger partial charge is 0.306 e. The summed E-state index contributed by atoms with van der Waals surface area (Å²) in [6, 6.07) is -4.73. The molecule has 20 nitrogen and oxygen atoms in total. The van der Waals surface area contributed by atoms with E-state index in [0.717, 1.165) is 44.9 Å². The van der Waals surface area contributed by atoms with Gasteiger partial charge in [0.15, 0.2) is 6.10 Å². The number of primary amides is 1. The third-order valence-corrected chi connectivity index (χ3v) is 13.6. The topological polar surface area (TPSA) is 321 Å². The lowest BCUT2D eigenvalue weighted by Gasteiger charge is -2.24. The molecule has 4 amide bonds. The molecule has 0 aromatic carbocycles. The van der Waals surface area contributed by atoms with E-state index in [9.17, 15) is 58.2 Å². The maximum absolute atomic E-state index is 13.4. The molecular formula is C58H102N4O16. The molecule has 0 heterocycles. The van der Waals surface area contributed by atoms with Gasteiger partial charge < -0.3 is 51.2 Å². The van der Waals surface area contributed by atoms with Gasteiger partial charge in [0.2, 0.25) is 23.6 Å². The Morgan fingerprint density at radius 1 is 0.359 bits per heavy atom. The first-order valence-electron chi connectivity index (χ1n) is 29.8. The first-order chi connectivity index (χ1) is 37.5. The molecule has 20 heteroatoms. The Bertz CT molecular complexity index is 1700. The zero-order chi connectivity index (χ0) is 58.0. The number of esters is 3. The molecule has 0 aromatic rings. The highest BCUT2D eigenvalue weighted by Gasteiger charge is 2.30. The molecule has 0 saturated heterocycles. The monoisotopic (exact) mass is 1110 g/mol. The SMILES string of the molecule is CCCCCCCCCCCCCCCCCC(=O)OCC(COC(=O)CCC(=O)NC(CCC(=O)O)C(=O)NC(CCC(=O)O)C(=O)NC(CCC(=O)O)C(N)=O)OC(=O)CCCCCCCCCCCCCCCCC. The molecule has 0 spiro atoms. The number of carbonyl (C=O) groups excluding carboxylic acids is 7. The Morgan fingerprint density at radius 2 is 0.654 bits per heavy atom. The summed E-state index contributed by atoms with van der Waals surface area (Å²) >= 11 is 0. The molecule has 0 aliphatic heterocycles. The van der Waals surface area contributed by atoms with Gasteiger partial charge >= 0.3 is 35.8 Å². The summed E-state index contributed by atoms with van der Waals surface area (Å²) in [6.45, 7) is 3.63. The molecule has 0 bridgehead atoms. The molecule has 0 aliphatic rings. The van der Waals surface area contributed by atoms with Gasteiger partial charge in [0.1, 0.15) is 31.3 Å². The van der Waals surface area contributed by atoms with Crippen molar-refractivity contribution in [3.8, 4) is 0 Å². The van der Waals surface area contributed by atoms with Crippen molar-refractivity contribution in [1.82, 2.24) is 16.0 Å². The first-order valence-corrected chi connectivity index (χ1v) is 29.8. The average Bonchev–Trinajstić information content (AvgIpc) is 3.39. The van der Waals surface area contributed by atoms with Crippen molar-refractivity contribution in [2.24, 2.45) is 5.73 Å². The maximum atomic E-state index is 13.4. The van der Waals surface area contributed by atoms with Gasteiger partial charge in [0, 0.05) is 38.5 Å². The fourth-order valence-electron chi connectivity index (χ4n) is 8.81. The Labute approximate surface area is 465 Å². The van der Waals surface area contributed by atoms with Crippen LogP contribution in [-0.4, -0.2) is 112 Å². The van der Waals surface area contributed by atoms with Crippen molar-refractivity contribution >= 4 is 59.4 Å². The van der Waals surface area contributed by atoms with Crippen molar-refractivity contribution in [3.63, 3.8) is 0 Å². The Kier molecular flexibility index (Phi) is 46.6. The molecule has 0 radical (unpaired) electrons. The van der Waals surface area contributed by atoms with Crippen LogP contribution in [0.15, 0.2) is 0 Å². The molecule has 0 aromatic heterocycles. The fourth-order valence-corrected chi connectivity index (χ4v) is 8.81. The van der Waals surface area contributed by atoms with Gasteiger partial charge in [-0.25, -0.2) is 0 Å². The quantitative estimate of drug-likeness (QED) is 0.0169. The molecule has 78 heavy (non-hydrogen) atoms. The molecule has 4 unspecified atom stereocenters. The highest BCUT2D eigenvalue weighted by Crippen LogP contribution is 2.17. The van der Waals surface area contributed by atoms with E-state index in [-0.39, 0.29) is 19.4 Å². The van der Waals surface area contributed by atoms with Crippen LogP contribution in [0.2, 0.25) is 0 Å². The number of amides is 4. The van der Waals surface area contributed by atoms with Crippen LogP contribution in [0.1, 0.15) is 271 Å². The van der Waals surface area contributed by atoms with Gasteiger partial charge in [-0.15, -0.1) is 0 Å².